The normalized spacial score (nSPS) is 18.2. The second kappa shape index (κ2) is 8.15. The standard InChI is InChI=1S/C15H17F5N2OS/c16-13(17)8-24-12-4-3-9(15(18,19)20)6-11(12)22-14(23)7-10-2-1-5-21-10/h3-4,6,10,13,21H,1-2,5,7-8H2,(H,22,23). The van der Waals surface area contributed by atoms with Gasteiger partial charge in [0.2, 0.25) is 12.3 Å². The van der Waals surface area contributed by atoms with E-state index in [1.807, 2.05) is 0 Å². The molecule has 1 aliphatic rings. The third kappa shape index (κ3) is 5.62. The summed E-state index contributed by atoms with van der Waals surface area (Å²) in [5.41, 5.74) is -1.02. The Balaban J connectivity index is 2.14. The molecule has 2 rings (SSSR count). The van der Waals surface area contributed by atoms with Gasteiger partial charge in [0, 0.05) is 17.4 Å². The molecule has 0 radical (unpaired) electrons. The lowest BCUT2D eigenvalue weighted by atomic mass is 10.1. The summed E-state index contributed by atoms with van der Waals surface area (Å²) in [5.74, 6) is -0.995. The van der Waals surface area contributed by atoms with Crippen molar-refractivity contribution < 1.29 is 26.7 Å². The maximum atomic E-state index is 12.8. The molecule has 9 heteroatoms. The number of carbonyl (C=O) groups is 1. The van der Waals surface area contributed by atoms with Gasteiger partial charge in [-0.3, -0.25) is 4.79 Å². The van der Waals surface area contributed by atoms with Crippen LogP contribution >= 0.6 is 11.8 Å². The van der Waals surface area contributed by atoms with E-state index in [1.54, 1.807) is 0 Å². The van der Waals surface area contributed by atoms with Crippen molar-refractivity contribution in [2.75, 3.05) is 17.6 Å². The summed E-state index contributed by atoms with van der Waals surface area (Å²) in [5, 5.41) is 5.55. The molecule has 1 aliphatic heterocycles. The Labute approximate surface area is 140 Å². The van der Waals surface area contributed by atoms with Crippen molar-refractivity contribution in [2.45, 2.75) is 42.8 Å². The van der Waals surface area contributed by atoms with Gasteiger partial charge >= 0.3 is 6.18 Å². The third-order valence-electron chi connectivity index (χ3n) is 3.54. The van der Waals surface area contributed by atoms with Gasteiger partial charge in [0.15, 0.2) is 0 Å². The zero-order valence-electron chi connectivity index (χ0n) is 12.6. The fourth-order valence-corrected chi connectivity index (χ4v) is 3.17. The minimum atomic E-state index is -4.57. The monoisotopic (exact) mass is 368 g/mol. The Morgan fingerprint density at radius 3 is 2.71 bits per heavy atom. The molecule has 1 atom stereocenters. The molecule has 0 spiro atoms. The molecule has 0 bridgehead atoms. The van der Waals surface area contributed by atoms with Crippen LogP contribution in [0.2, 0.25) is 0 Å². The number of amides is 1. The molecule has 134 valence electrons. The van der Waals surface area contributed by atoms with Crippen molar-refractivity contribution in [1.82, 2.24) is 5.32 Å². The number of hydrogen-bond donors (Lipinski definition) is 2. The van der Waals surface area contributed by atoms with Crippen LogP contribution in [0.5, 0.6) is 0 Å². The Morgan fingerprint density at radius 2 is 2.12 bits per heavy atom. The lowest BCUT2D eigenvalue weighted by Gasteiger charge is -2.15. The van der Waals surface area contributed by atoms with E-state index in [0.717, 1.165) is 37.6 Å². The van der Waals surface area contributed by atoms with Gasteiger partial charge in [0.25, 0.3) is 0 Å². The van der Waals surface area contributed by atoms with Gasteiger partial charge in [-0.25, -0.2) is 8.78 Å². The maximum Gasteiger partial charge on any atom is 0.416 e. The SMILES string of the molecule is O=C(CC1CCCN1)Nc1cc(C(F)(F)F)ccc1SCC(F)F. The first kappa shape index (κ1) is 19.0. The van der Waals surface area contributed by atoms with Crippen LogP contribution in [-0.2, 0) is 11.0 Å². The van der Waals surface area contributed by atoms with Crippen molar-refractivity contribution in [3.63, 3.8) is 0 Å². The molecule has 1 heterocycles. The Kier molecular flexibility index (Phi) is 6.45. The summed E-state index contributed by atoms with van der Waals surface area (Å²) >= 11 is 0.712. The summed E-state index contributed by atoms with van der Waals surface area (Å²) in [7, 11) is 0. The van der Waals surface area contributed by atoms with E-state index in [2.05, 4.69) is 10.6 Å². The molecule has 1 fully saturated rings. The van der Waals surface area contributed by atoms with Crippen LogP contribution in [0.15, 0.2) is 23.1 Å². The molecule has 0 saturated carbocycles. The number of thioether (sulfide) groups is 1. The predicted octanol–water partition coefficient (Wildman–Crippen LogP) is 4.14. The molecule has 3 nitrogen and oxygen atoms in total. The van der Waals surface area contributed by atoms with E-state index in [1.165, 1.54) is 0 Å². The van der Waals surface area contributed by atoms with E-state index in [-0.39, 0.29) is 23.0 Å². The van der Waals surface area contributed by atoms with Crippen LogP contribution in [0, 0.1) is 0 Å². The van der Waals surface area contributed by atoms with Crippen molar-refractivity contribution in [3.8, 4) is 0 Å². The number of carbonyl (C=O) groups excluding carboxylic acids is 1. The number of alkyl halides is 5. The summed E-state index contributed by atoms with van der Waals surface area (Å²) < 4.78 is 63.2. The topological polar surface area (TPSA) is 41.1 Å². The number of halogens is 5. The second-order valence-electron chi connectivity index (χ2n) is 5.46. The molecule has 0 aliphatic carbocycles. The Morgan fingerprint density at radius 1 is 1.38 bits per heavy atom. The van der Waals surface area contributed by atoms with Crippen LogP contribution in [0.25, 0.3) is 0 Å². The Bertz CT molecular complexity index is 573. The van der Waals surface area contributed by atoms with Crippen molar-refractivity contribution in [1.29, 1.82) is 0 Å². The number of anilines is 1. The van der Waals surface area contributed by atoms with Crippen molar-refractivity contribution >= 4 is 23.4 Å². The lowest BCUT2D eigenvalue weighted by molar-refractivity contribution is -0.137. The quantitative estimate of drug-likeness (QED) is 0.586. The molecule has 1 unspecified atom stereocenters. The van der Waals surface area contributed by atoms with E-state index < -0.39 is 29.8 Å². The van der Waals surface area contributed by atoms with Crippen LogP contribution in [-0.4, -0.2) is 30.7 Å². The molecule has 1 aromatic carbocycles. The molecule has 2 N–H and O–H groups in total. The van der Waals surface area contributed by atoms with Crippen molar-refractivity contribution in [3.05, 3.63) is 23.8 Å². The highest BCUT2D eigenvalue weighted by molar-refractivity contribution is 7.99. The largest absolute Gasteiger partial charge is 0.416 e. The smallest absolute Gasteiger partial charge is 0.325 e. The van der Waals surface area contributed by atoms with E-state index in [0.29, 0.717) is 11.8 Å². The molecule has 1 aromatic rings. The van der Waals surface area contributed by atoms with Gasteiger partial charge in [-0.05, 0) is 37.6 Å². The first-order chi connectivity index (χ1) is 11.3. The van der Waals surface area contributed by atoms with Gasteiger partial charge in [-0.15, -0.1) is 11.8 Å². The zero-order valence-corrected chi connectivity index (χ0v) is 13.4. The summed E-state index contributed by atoms with van der Waals surface area (Å²) in [4.78, 5) is 12.2. The fourth-order valence-electron chi connectivity index (χ4n) is 2.44. The van der Waals surface area contributed by atoms with Gasteiger partial charge in [0.1, 0.15) is 0 Å². The first-order valence-electron chi connectivity index (χ1n) is 7.41. The second-order valence-corrected chi connectivity index (χ2v) is 6.52. The molecule has 0 aromatic heterocycles. The average molecular weight is 368 g/mol. The zero-order chi connectivity index (χ0) is 17.7. The number of hydrogen-bond acceptors (Lipinski definition) is 3. The molecular weight excluding hydrogens is 351 g/mol. The predicted molar refractivity (Wildman–Crippen MR) is 82.4 cm³/mol. The third-order valence-corrected chi connectivity index (χ3v) is 4.63. The van der Waals surface area contributed by atoms with Gasteiger partial charge in [0.05, 0.1) is 17.0 Å². The summed E-state index contributed by atoms with van der Waals surface area (Å²) in [6.45, 7) is 0.803. The van der Waals surface area contributed by atoms with Gasteiger partial charge < -0.3 is 10.6 Å². The molecule has 1 saturated heterocycles. The maximum absolute atomic E-state index is 12.8. The number of nitrogens with one attached hydrogen (secondary N) is 2. The number of rotatable bonds is 6. The highest BCUT2D eigenvalue weighted by Crippen LogP contribution is 2.36. The highest BCUT2D eigenvalue weighted by Gasteiger charge is 2.31. The molecule has 1 amide bonds. The minimum absolute atomic E-state index is 0.00651. The fraction of sp³-hybridized carbons (Fsp3) is 0.533. The number of benzene rings is 1. The van der Waals surface area contributed by atoms with E-state index in [9.17, 15) is 26.7 Å². The minimum Gasteiger partial charge on any atom is -0.325 e. The summed E-state index contributed by atoms with van der Waals surface area (Å²) in [6, 6.07) is 2.71. The first-order valence-corrected chi connectivity index (χ1v) is 8.39. The van der Waals surface area contributed by atoms with Crippen LogP contribution in [0.1, 0.15) is 24.8 Å². The van der Waals surface area contributed by atoms with Gasteiger partial charge in [-0.1, -0.05) is 0 Å². The van der Waals surface area contributed by atoms with Crippen LogP contribution < -0.4 is 10.6 Å². The molecular formula is C15H17F5N2OS. The van der Waals surface area contributed by atoms with Crippen LogP contribution in [0.3, 0.4) is 0 Å². The Hall–Kier alpha value is -1.35. The van der Waals surface area contributed by atoms with E-state index in [4.69, 9.17) is 0 Å². The summed E-state index contributed by atoms with van der Waals surface area (Å²) in [6.07, 6.45) is -5.27. The lowest BCUT2D eigenvalue weighted by Crippen LogP contribution is -2.27. The highest BCUT2D eigenvalue weighted by atomic mass is 32.2. The van der Waals surface area contributed by atoms with Crippen LogP contribution in [0.4, 0.5) is 27.6 Å². The van der Waals surface area contributed by atoms with Crippen molar-refractivity contribution in [2.24, 2.45) is 0 Å². The average Bonchev–Trinajstić information content (AvgIpc) is 2.97. The van der Waals surface area contributed by atoms with Gasteiger partial charge in [-0.2, -0.15) is 13.2 Å². The van der Waals surface area contributed by atoms with E-state index >= 15 is 0 Å². The molecule has 24 heavy (non-hydrogen) atoms.